The van der Waals surface area contributed by atoms with Crippen LogP contribution in [-0.4, -0.2) is 26.4 Å². The Morgan fingerprint density at radius 2 is 1.83 bits per heavy atom. The Labute approximate surface area is 118 Å². The number of rotatable bonds is 6. The van der Waals surface area contributed by atoms with Crippen LogP contribution in [0.4, 0.5) is 0 Å². The van der Waals surface area contributed by atoms with Gasteiger partial charge in [0.1, 0.15) is 5.75 Å². The van der Waals surface area contributed by atoms with Gasteiger partial charge in [-0.1, -0.05) is 6.07 Å². The van der Waals surface area contributed by atoms with Crippen LogP contribution in [0.15, 0.2) is 22.7 Å². The van der Waals surface area contributed by atoms with Crippen molar-refractivity contribution in [2.45, 2.75) is 39.0 Å². The van der Waals surface area contributed by atoms with Crippen LogP contribution >= 0.6 is 15.9 Å². The molecule has 0 fully saturated rings. The summed E-state index contributed by atoms with van der Waals surface area (Å²) in [5.74, 6) is 0.851. The molecular weight excluding hydrogens is 294 g/mol. The van der Waals surface area contributed by atoms with Crippen molar-refractivity contribution in [2.75, 3.05) is 14.2 Å². The third-order valence-corrected chi connectivity index (χ3v) is 3.88. The number of hydrogen-bond donors (Lipinski definition) is 1. The van der Waals surface area contributed by atoms with Crippen LogP contribution in [-0.2, 0) is 4.74 Å². The average molecular weight is 316 g/mol. The van der Waals surface area contributed by atoms with E-state index in [9.17, 15) is 0 Å². The Bertz CT molecular complexity index is 384. The fraction of sp³-hybridized carbons (Fsp3) is 0.571. The Hall–Kier alpha value is -0.580. The van der Waals surface area contributed by atoms with Crippen LogP contribution in [0, 0.1) is 0 Å². The molecule has 4 heteroatoms. The van der Waals surface area contributed by atoms with Crippen LogP contribution < -0.4 is 10.1 Å². The predicted molar refractivity (Wildman–Crippen MR) is 78.2 cm³/mol. The van der Waals surface area contributed by atoms with Crippen molar-refractivity contribution in [1.29, 1.82) is 0 Å². The molecule has 0 bridgehead atoms. The molecule has 0 saturated heterocycles. The van der Waals surface area contributed by atoms with Crippen molar-refractivity contribution in [1.82, 2.24) is 5.32 Å². The van der Waals surface area contributed by atoms with E-state index in [2.05, 4.69) is 54.2 Å². The van der Waals surface area contributed by atoms with E-state index >= 15 is 0 Å². The van der Waals surface area contributed by atoms with Crippen molar-refractivity contribution in [3.05, 3.63) is 28.2 Å². The summed E-state index contributed by atoms with van der Waals surface area (Å²) in [6.07, 6.45) is 0.189. The maximum atomic E-state index is 5.32. The van der Waals surface area contributed by atoms with Gasteiger partial charge >= 0.3 is 0 Å². The van der Waals surface area contributed by atoms with Crippen LogP contribution in [0.25, 0.3) is 0 Å². The average Bonchev–Trinajstić information content (AvgIpc) is 2.37. The van der Waals surface area contributed by atoms with Gasteiger partial charge in [-0.2, -0.15) is 0 Å². The van der Waals surface area contributed by atoms with E-state index in [4.69, 9.17) is 9.47 Å². The monoisotopic (exact) mass is 315 g/mol. The van der Waals surface area contributed by atoms with Crippen LogP contribution in [0.3, 0.4) is 0 Å². The van der Waals surface area contributed by atoms with E-state index in [1.54, 1.807) is 14.2 Å². The highest BCUT2D eigenvalue weighted by molar-refractivity contribution is 9.10. The molecule has 1 aromatic carbocycles. The number of hydrogen-bond acceptors (Lipinski definition) is 3. The SMILES string of the molecule is COc1ccc(C(C)NC(C)C(C)OC)cc1Br. The summed E-state index contributed by atoms with van der Waals surface area (Å²) >= 11 is 3.51. The van der Waals surface area contributed by atoms with Crippen LogP contribution in [0.1, 0.15) is 32.4 Å². The highest BCUT2D eigenvalue weighted by Gasteiger charge is 2.15. The lowest BCUT2D eigenvalue weighted by Crippen LogP contribution is -2.38. The minimum Gasteiger partial charge on any atom is -0.496 e. The van der Waals surface area contributed by atoms with Crippen molar-refractivity contribution >= 4 is 15.9 Å². The molecule has 0 radical (unpaired) electrons. The maximum Gasteiger partial charge on any atom is 0.133 e. The second kappa shape index (κ2) is 7.12. The quantitative estimate of drug-likeness (QED) is 0.871. The lowest BCUT2D eigenvalue weighted by molar-refractivity contribution is 0.0852. The predicted octanol–water partition coefficient (Wildman–Crippen LogP) is 3.53. The molecule has 0 aliphatic carbocycles. The molecule has 3 nitrogen and oxygen atoms in total. The topological polar surface area (TPSA) is 30.5 Å². The number of nitrogens with one attached hydrogen (secondary N) is 1. The van der Waals surface area contributed by atoms with Gasteiger partial charge in [0.25, 0.3) is 0 Å². The Balaban J connectivity index is 2.72. The highest BCUT2D eigenvalue weighted by atomic mass is 79.9. The summed E-state index contributed by atoms with van der Waals surface area (Å²) in [5, 5.41) is 3.52. The normalized spacial score (nSPS) is 16.1. The fourth-order valence-electron chi connectivity index (χ4n) is 1.78. The molecule has 0 saturated carbocycles. The van der Waals surface area contributed by atoms with E-state index in [0.717, 1.165) is 10.2 Å². The molecule has 0 aliphatic heterocycles. The second-order valence-electron chi connectivity index (χ2n) is 4.51. The lowest BCUT2D eigenvalue weighted by Gasteiger charge is -2.24. The third-order valence-electron chi connectivity index (χ3n) is 3.26. The van der Waals surface area contributed by atoms with Crippen molar-refractivity contribution in [2.24, 2.45) is 0 Å². The third kappa shape index (κ3) is 3.97. The minimum atomic E-state index is 0.189. The number of benzene rings is 1. The van der Waals surface area contributed by atoms with Gasteiger partial charge in [0, 0.05) is 19.2 Å². The van der Waals surface area contributed by atoms with Crippen molar-refractivity contribution < 1.29 is 9.47 Å². The minimum absolute atomic E-state index is 0.189. The second-order valence-corrected chi connectivity index (χ2v) is 5.37. The highest BCUT2D eigenvalue weighted by Crippen LogP contribution is 2.28. The molecule has 0 heterocycles. The maximum absolute atomic E-state index is 5.32. The Kier molecular flexibility index (Phi) is 6.12. The number of ether oxygens (including phenoxy) is 2. The number of methoxy groups -OCH3 is 2. The first-order chi connectivity index (χ1) is 8.49. The van der Waals surface area contributed by atoms with Gasteiger partial charge in [-0.3, -0.25) is 0 Å². The van der Waals surface area contributed by atoms with E-state index < -0.39 is 0 Å². The lowest BCUT2D eigenvalue weighted by atomic mass is 10.1. The first-order valence-electron chi connectivity index (χ1n) is 6.11. The molecule has 1 rings (SSSR count). The molecule has 0 spiro atoms. The molecule has 3 atom stereocenters. The van der Waals surface area contributed by atoms with Gasteiger partial charge in [0.2, 0.25) is 0 Å². The zero-order chi connectivity index (χ0) is 13.7. The van der Waals surface area contributed by atoms with Crippen molar-refractivity contribution in [3.8, 4) is 5.75 Å². The van der Waals surface area contributed by atoms with Gasteiger partial charge in [-0.15, -0.1) is 0 Å². The van der Waals surface area contributed by atoms with E-state index in [-0.39, 0.29) is 12.1 Å². The van der Waals surface area contributed by atoms with Gasteiger partial charge < -0.3 is 14.8 Å². The largest absolute Gasteiger partial charge is 0.496 e. The van der Waals surface area contributed by atoms with Gasteiger partial charge in [-0.05, 0) is 54.4 Å². The molecule has 0 aliphatic rings. The van der Waals surface area contributed by atoms with Gasteiger partial charge in [-0.25, -0.2) is 0 Å². The first-order valence-corrected chi connectivity index (χ1v) is 6.91. The summed E-state index contributed by atoms with van der Waals surface area (Å²) in [6, 6.07) is 6.69. The van der Waals surface area contributed by atoms with Gasteiger partial charge in [0.15, 0.2) is 0 Å². The molecule has 18 heavy (non-hydrogen) atoms. The molecule has 0 aromatic heterocycles. The molecule has 0 amide bonds. The summed E-state index contributed by atoms with van der Waals surface area (Å²) in [5.41, 5.74) is 1.22. The summed E-state index contributed by atoms with van der Waals surface area (Å²) < 4.78 is 11.5. The summed E-state index contributed by atoms with van der Waals surface area (Å²) in [4.78, 5) is 0. The first kappa shape index (κ1) is 15.5. The van der Waals surface area contributed by atoms with Crippen molar-refractivity contribution in [3.63, 3.8) is 0 Å². The summed E-state index contributed by atoms with van der Waals surface area (Å²) in [6.45, 7) is 6.34. The zero-order valence-electron chi connectivity index (χ0n) is 11.7. The Morgan fingerprint density at radius 1 is 1.17 bits per heavy atom. The molecular formula is C14H22BrNO2. The fourth-order valence-corrected chi connectivity index (χ4v) is 2.34. The van der Waals surface area contributed by atoms with Crippen LogP contribution in [0.5, 0.6) is 5.75 Å². The smallest absolute Gasteiger partial charge is 0.133 e. The zero-order valence-corrected chi connectivity index (χ0v) is 13.2. The van der Waals surface area contributed by atoms with E-state index in [1.807, 2.05) is 6.07 Å². The van der Waals surface area contributed by atoms with E-state index in [1.165, 1.54) is 5.56 Å². The molecule has 102 valence electrons. The Morgan fingerprint density at radius 3 is 2.33 bits per heavy atom. The van der Waals surface area contributed by atoms with Crippen LogP contribution in [0.2, 0.25) is 0 Å². The van der Waals surface area contributed by atoms with E-state index in [0.29, 0.717) is 6.04 Å². The summed E-state index contributed by atoms with van der Waals surface area (Å²) in [7, 11) is 3.40. The molecule has 1 N–H and O–H groups in total. The standard InChI is InChI=1S/C14H22BrNO2/c1-9(11(3)17-4)16-10(2)12-6-7-14(18-5)13(15)8-12/h6-11,16H,1-5H3. The number of halogens is 1. The molecule has 1 aromatic rings. The van der Waals surface area contributed by atoms with Gasteiger partial charge in [0.05, 0.1) is 17.7 Å². The molecule has 3 unspecified atom stereocenters.